The lowest BCUT2D eigenvalue weighted by Gasteiger charge is -2.14. The van der Waals surface area contributed by atoms with Crippen LogP contribution in [0.1, 0.15) is 0 Å². The Morgan fingerprint density at radius 2 is 0.829 bits per heavy atom. The molecule has 0 fully saturated rings. The van der Waals surface area contributed by atoms with Crippen LogP contribution in [0.5, 0.6) is 0 Å². The van der Waals surface area contributed by atoms with Crippen molar-refractivity contribution in [3.63, 3.8) is 0 Å². The van der Waals surface area contributed by atoms with Gasteiger partial charge in [0.25, 0.3) is 0 Å². The first-order valence-electron chi connectivity index (χ1n) is 13.1. The molecule has 0 aliphatic rings. The first-order chi connectivity index (χ1) is 19.9. The molecular formula is C36H21F4N. The number of fused-ring (bicyclic) bond motifs is 3. The van der Waals surface area contributed by atoms with Gasteiger partial charge in [0.15, 0.2) is 0 Å². The average Bonchev–Trinajstić information content (AvgIpc) is 3.29. The van der Waals surface area contributed by atoms with Gasteiger partial charge in [-0.2, -0.15) is 0 Å². The number of nitrogens with zero attached hydrogens (tertiary/aromatic N) is 1. The molecule has 198 valence electrons. The predicted molar refractivity (Wildman–Crippen MR) is 157 cm³/mol. The van der Waals surface area contributed by atoms with Gasteiger partial charge in [0.05, 0.1) is 16.7 Å². The quantitative estimate of drug-likeness (QED) is 0.195. The van der Waals surface area contributed by atoms with E-state index in [0.29, 0.717) is 22.3 Å². The summed E-state index contributed by atoms with van der Waals surface area (Å²) in [5.41, 5.74) is 6.92. The maximum atomic E-state index is 14.1. The third kappa shape index (κ3) is 4.45. The summed E-state index contributed by atoms with van der Waals surface area (Å²) in [6.07, 6.45) is 0. The van der Waals surface area contributed by atoms with E-state index < -0.39 is 23.3 Å². The number of rotatable bonds is 4. The summed E-state index contributed by atoms with van der Waals surface area (Å²) < 4.78 is 58.6. The summed E-state index contributed by atoms with van der Waals surface area (Å²) >= 11 is 0. The van der Waals surface area contributed by atoms with Crippen molar-refractivity contribution in [3.8, 4) is 39.1 Å². The van der Waals surface area contributed by atoms with E-state index in [1.165, 1.54) is 24.3 Å². The number of benzene rings is 6. The molecule has 0 radical (unpaired) electrons. The van der Waals surface area contributed by atoms with Crippen molar-refractivity contribution < 1.29 is 17.6 Å². The van der Waals surface area contributed by atoms with Crippen LogP contribution in [0.2, 0.25) is 0 Å². The fraction of sp³-hybridized carbons (Fsp3) is 0. The minimum atomic E-state index is -0.658. The van der Waals surface area contributed by atoms with Crippen LogP contribution in [0.25, 0.3) is 60.9 Å². The smallest absolute Gasteiger partial charge is 0.126 e. The summed E-state index contributed by atoms with van der Waals surface area (Å²) in [5, 5.41) is 1.67. The summed E-state index contributed by atoms with van der Waals surface area (Å²) in [6, 6.07) is 36.4. The van der Waals surface area contributed by atoms with Crippen molar-refractivity contribution in [1.82, 2.24) is 4.57 Å². The normalized spacial score (nSPS) is 11.4. The third-order valence-corrected chi connectivity index (χ3v) is 7.39. The van der Waals surface area contributed by atoms with Gasteiger partial charge in [-0.05, 0) is 82.4 Å². The molecule has 0 atom stereocenters. The SMILES string of the molecule is Fc1cc(F)cc(-c2ccc3c(c2)c2cc(-c4cc(F)cc(F)c4)ccc2n3-c2ccccc2-c2ccccc2)c1. The zero-order valence-corrected chi connectivity index (χ0v) is 21.6. The molecule has 0 aliphatic heterocycles. The summed E-state index contributed by atoms with van der Waals surface area (Å²) in [4.78, 5) is 0. The highest BCUT2D eigenvalue weighted by Crippen LogP contribution is 2.39. The van der Waals surface area contributed by atoms with E-state index in [9.17, 15) is 17.6 Å². The van der Waals surface area contributed by atoms with Gasteiger partial charge in [-0.15, -0.1) is 0 Å². The first-order valence-corrected chi connectivity index (χ1v) is 13.1. The Morgan fingerprint density at radius 3 is 1.34 bits per heavy atom. The number of aromatic nitrogens is 1. The van der Waals surface area contributed by atoms with Crippen LogP contribution >= 0.6 is 0 Å². The van der Waals surface area contributed by atoms with Gasteiger partial charge >= 0.3 is 0 Å². The zero-order valence-electron chi connectivity index (χ0n) is 21.6. The molecule has 0 saturated carbocycles. The van der Waals surface area contributed by atoms with E-state index in [4.69, 9.17) is 0 Å². The monoisotopic (exact) mass is 543 g/mol. The minimum absolute atomic E-state index is 0.415. The lowest BCUT2D eigenvalue weighted by Crippen LogP contribution is -1.97. The first kappa shape index (κ1) is 24.9. The minimum Gasteiger partial charge on any atom is -0.309 e. The second-order valence-electron chi connectivity index (χ2n) is 10.00. The Labute approximate surface area is 233 Å². The van der Waals surface area contributed by atoms with Gasteiger partial charge in [0.1, 0.15) is 23.3 Å². The highest BCUT2D eigenvalue weighted by molar-refractivity contribution is 6.12. The molecule has 41 heavy (non-hydrogen) atoms. The molecule has 1 nitrogen and oxygen atoms in total. The largest absolute Gasteiger partial charge is 0.309 e. The lowest BCUT2D eigenvalue weighted by atomic mass is 10.00. The highest BCUT2D eigenvalue weighted by Gasteiger charge is 2.18. The van der Waals surface area contributed by atoms with Gasteiger partial charge < -0.3 is 4.57 Å². The Kier molecular flexibility index (Phi) is 5.93. The van der Waals surface area contributed by atoms with Gasteiger partial charge in [0, 0.05) is 28.5 Å². The van der Waals surface area contributed by atoms with Crippen LogP contribution in [-0.4, -0.2) is 4.57 Å². The molecule has 7 rings (SSSR count). The van der Waals surface area contributed by atoms with Crippen LogP contribution < -0.4 is 0 Å². The van der Waals surface area contributed by atoms with Crippen molar-refractivity contribution in [2.75, 3.05) is 0 Å². The van der Waals surface area contributed by atoms with Crippen molar-refractivity contribution in [1.29, 1.82) is 0 Å². The standard InChI is InChI=1S/C36H21F4N/c37-27-14-25(15-28(38)20-27)23-10-12-35-32(18-23)33-19-24(26-16-29(39)21-30(40)17-26)11-13-36(33)41(35)34-9-5-4-8-31(34)22-6-2-1-3-7-22/h1-21H. The van der Waals surface area contributed by atoms with Gasteiger partial charge in [0.2, 0.25) is 0 Å². The molecule has 0 N–H and O–H groups in total. The molecule has 0 unspecified atom stereocenters. The molecule has 7 aromatic rings. The summed E-state index contributed by atoms with van der Waals surface area (Å²) in [5.74, 6) is -2.63. The molecule has 0 saturated heterocycles. The Hall–Kier alpha value is -5.16. The second kappa shape index (κ2) is 9.79. The van der Waals surface area contributed by atoms with E-state index >= 15 is 0 Å². The van der Waals surface area contributed by atoms with Crippen molar-refractivity contribution >= 4 is 21.8 Å². The Bertz CT molecular complexity index is 1940. The topological polar surface area (TPSA) is 4.93 Å². The number of para-hydroxylation sites is 1. The summed E-state index contributed by atoms with van der Waals surface area (Å²) in [7, 11) is 0. The van der Waals surface area contributed by atoms with Crippen LogP contribution in [0.4, 0.5) is 17.6 Å². The molecule has 0 amide bonds. The molecule has 5 heteroatoms. The van der Waals surface area contributed by atoms with Crippen LogP contribution in [0, 0.1) is 23.3 Å². The second-order valence-corrected chi connectivity index (χ2v) is 10.00. The molecule has 0 spiro atoms. The molecule has 0 aliphatic carbocycles. The van der Waals surface area contributed by atoms with E-state index in [1.54, 1.807) is 0 Å². The highest BCUT2D eigenvalue weighted by atomic mass is 19.1. The average molecular weight is 544 g/mol. The lowest BCUT2D eigenvalue weighted by molar-refractivity contribution is 0.583. The van der Waals surface area contributed by atoms with Gasteiger partial charge in [-0.25, -0.2) is 17.6 Å². The Balaban J connectivity index is 1.54. The van der Waals surface area contributed by atoms with Crippen LogP contribution in [0.15, 0.2) is 127 Å². The Morgan fingerprint density at radius 1 is 0.366 bits per heavy atom. The van der Waals surface area contributed by atoms with E-state index in [1.807, 2.05) is 72.8 Å². The maximum Gasteiger partial charge on any atom is 0.126 e. The van der Waals surface area contributed by atoms with Crippen molar-refractivity contribution in [2.45, 2.75) is 0 Å². The van der Waals surface area contributed by atoms with Crippen LogP contribution in [-0.2, 0) is 0 Å². The molecular weight excluding hydrogens is 522 g/mol. The molecule has 0 bridgehead atoms. The van der Waals surface area contributed by atoms with Crippen molar-refractivity contribution in [2.24, 2.45) is 0 Å². The molecule has 1 aromatic heterocycles. The molecule has 6 aromatic carbocycles. The van der Waals surface area contributed by atoms with Crippen molar-refractivity contribution in [3.05, 3.63) is 151 Å². The van der Waals surface area contributed by atoms with E-state index in [2.05, 4.69) is 22.8 Å². The third-order valence-electron chi connectivity index (χ3n) is 7.39. The van der Waals surface area contributed by atoms with E-state index in [0.717, 1.165) is 50.8 Å². The molecule has 1 heterocycles. The predicted octanol–water partition coefficient (Wildman–Crippen LogP) is 10.3. The fourth-order valence-electron chi connectivity index (χ4n) is 5.61. The van der Waals surface area contributed by atoms with Gasteiger partial charge in [-0.3, -0.25) is 0 Å². The number of halogens is 4. The van der Waals surface area contributed by atoms with Gasteiger partial charge in [-0.1, -0.05) is 60.7 Å². The maximum absolute atomic E-state index is 14.1. The van der Waals surface area contributed by atoms with Crippen LogP contribution in [0.3, 0.4) is 0 Å². The van der Waals surface area contributed by atoms with E-state index in [-0.39, 0.29) is 0 Å². The number of hydrogen-bond donors (Lipinski definition) is 0. The fourth-order valence-corrected chi connectivity index (χ4v) is 5.61. The zero-order chi connectivity index (χ0) is 28.1. The summed E-state index contributed by atoms with van der Waals surface area (Å²) in [6.45, 7) is 0. The number of hydrogen-bond acceptors (Lipinski definition) is 0.